The molecule has 46 heavy (non-hydrogen) atoms. The van der Waals surface area contributed by atoms with E-state index in [1.165, 1.54) is 20.3 Å². The first-order valence-electron chi connectivity index (χ1n) is 15.9. The number of hydrogen-bond acceptors (Lipinski definition) is 9. The molecule has 2 N–H and O–H groups in total. The van der Waals surface area contributed by atoms with Crippen molar-refractivity contribution in [3.05, 3.63) is 59.0 Å². The maximum atomic E-state index is 12.4. The highest BCUT2D eigenvalue weighted by Gasteiger charge is 2.44. The van der Waals surface area contributed by atoms with Gasteiger partial charge < -0.3 is 24.7 Å². The van der Waals surface area contributed by atoms with E-state index in [0.29, 0.717) is 41.6 Å². The van der Waals surface area contributed by atoms with Crippen LogP contribution in [0.3, 0.4) is 0 Å². The second-order valence-electron chi connectivity index (χ2n) is 14.2. The van der Waals surface area contributed by atoms with Gasteiger partial charge in [-0.05, 0) is 66.7 Å². The molecule has 5 rings (SSSR count). The van der Waals surface area contributed by atoms with Crippen LogP contribution >= 0.6 is 0 Å². The Labute approximate surface area is 273 Å². The average Bonchev–Trinajstić information content (AvgIpc) is 3.81. The predicted octanol–water partition coefficient (Wildman–Crippen LogP) is 5.76. The number of fused-ring (bicyclic) bond motifs is 1. The molecule has 12 heteroatoms. The fourth-order valence-corrected chi connectivity index (χ4v) is 6.69. The molecule has 10 nitrogen and oxygen atoms in total. The van der Waals surface area contributed by atoms with Crippen LogP contribution in [0.4, 0.5) is 17.3 Å². The lowest BCUT2D eigenvalue weighted by Crippen LogP contribution is -2.46. The van der Waals surface area contributed by atoms with E-state index in [4.69, 9.17) is 9.41 Å². The maximum Gasteiger partial charge on any atom is 0.329 e. The van der Waals surface area contributed by atoms with E-state index in [1.54, 1.807) is 25.5 Å². The number of nitrogens with one attached hydrogen (secondary N) is 2. The molecule has 239 valence electrons. The van der Waals surface area contributed by atoms with Crippen LogP contribution < -0.4 is 15.4 Å². The highest BCUT2D eigenvalue weighted by Crippen LogP contribution is 2.46. The Morgan fingerprint density at radius 2 is 2.02 bits per heavy atom. The van der Waals surface area contributed by atoms with E-state index in [0.717, 1.165) is 47.5 Å². The van der Waals surface area contributed by atoms with E-state index in [9.17, 15) is 14.9 Å². The van der Waals surface area contributed by atoms with Crippen molar-refractivity contribution < 1.29 is 14.0 Å². The van der Waals surface area contributed by atoms with Crippen LogP contribution in [0.1, 0.15) is 74.1 Å². The van der Waals surface area contributed by atoms with Crippen LogP contribution in [0.15, 0.2) is 36.7 Å². The summed E-state index contributed by atoms with van der Waals surface area (Å²) in [5.74, 6) is 0.877. The number of benzene rings is 1. The second kappa shape index (κ2) is 13.0. The minimum Gasteiger partial charge on any atom is -0.416 e. The summed E-state index contributed by atoms with van der Waals surface area (Å²) in [5.41, 5.74) is 5.06. The van der Waals surface area contributed by atoms with Crippen molar-refractivity contribution in [2.24, 2.45) is 5.92 Å². The molecular formula is C34H43BN7O3Si. The molecule has 1 atom stereocenters. The highest BCUT2D eigenvalue weighted by atomic mass is 28.4. The van der Waals surface area contributed by atoms with Gasteiger partial charge in [-0.25, -0.2) is 9.97 Å². The number of anilines is 3. The van der Waals surface area contributed by atoms with E-state index in [-0.39, 0.29) is 10.9 Å². The van der Waals surface area contributed by atoms with Crippen molar-refractivity contribution in [1.29, 1.82) is 5.26 Å². The van der Waals surface area contributed by atoms with Gasteiger partial charge in [0.25, 0.3) is 5.91 Å². The summed E-state index contributed by atoms with van der Waals surface area (Å²) >= 11 is 0. The van der Waals surface area contributed by atoms with Crippen molar-refractivity contribution in [3.63, 3.8) is 0 Å². The zero-order valence-corrected chi connectivity index (χ0v) is 28.9. The van der Waals surface area contributed by atoms with Crippen LogP contribution in [0.25, 0.3) is 11.3 Å². The van der Waals surface area contributed by atoms with Crippen molar-refractivity contribution in [3.8, 4) is 17.3 Å². The lowest BCUT2D eigenvalue weighted by atomic mass is 9.83. The first-order valence-corrected chi connectivity index (χ1v) is 18.8. The molecule has 1 aliphatic carbocycles. The number of rotatable bonds is 12. The molecule has 0 unspecified atom stereocenters. The predicted molar refractivity (Wildman–Crippen MR) is 184 cm³/mol. The Balaban J connectivity index is 1.51. The number of nitrogens with zero attached hydrogens (tertiary/aromatic N) is 5. The Hall–Kier alpha value is -4.08. The van der Waals surface area contributed by atoms with Gasteiger partial charge in [-0.3, -0.25) is 9.78 Å². The largest absolute Gasteiger partial charge is 0.416 e. The van der Waals surface area contributed by atoms with Gasteiger partial charge in [-0.2, -0.15) is 5.26 Å². The Morgan fingerprint density at radius 1 is 1.26 bits per heavy atom. The number of carbonyl (C=O) groups is 2. The van der Waals surface area contributed by atoms with Crippen molar-refractivity contribution >= 4 is 45.1 Å². The Bertz CT molecular complexity index is 1680. The van der Waals surface area contributed by atoms with Gasteiger partial charge in [-0.1, -0.05) is 40.5 Å². The summed E-state index contributed by atoms with van der Waals surface area (Å²) < 4.78 is 6.71. The summed E-state index contributed by atoms with van der Waals surface area (Å²) in [5, 5.41) is 16.3. The smallest absolute Gasteiger partial charge is 0.329 e. The van der Waals surface area contributed by atoms with Gasteiger partial charge in [0.15, 0.2) is 8.32 Å². The molecule has 2 aliphatic rings. The summed E-state index contributed by atoms with van der Waals surface area (Å²) in [6, 6.07) is 9.83. The molecular weight excluding hydrogens is 593 g/mol. The van der Waals surface area contributed by atoms with Crippen LogP contribution in [-0.2, 0) is 21.1 Å². The molecule has 0 saturated heterocycles. The van der Waals surface area contributed by atoms with E-state index >= 15 is 0 Å². The van der Waals surface area contributed by atoms with Crippen molar-refractivity contribution in [2.45, 2.75) is 76.9 Å². The van der Waals surface area contributed by atoms with E-state index in [1.807, 2.05) is 16.9 Å². The van der Waals surface area contributed by atoms with Gasteiger partial charge in [0.2, 0.25) is 5.95 Å². The number of hydrogen-bond donors (Lipinski definition) is 2. The first kappa shape index (κ1) is 33.3. The zero-order chi connectivity index (χ0) is 33.3. The molecule has 1 amide bonds. The maximum absolute atomic E-state index is 12.4. The number of pyridine rings is 1. The zero-order valence-electron chi connectivity index (χ0n) is 27.9. The molecule has 1 radical (unpaired) electrons. The number of aryl methyl sites for hydroxylation is 1. The van der Waals surface area contributed by atoms with Gasteiger partial charge >= 0.3 is 7.41 Å². The molecule has 2 aromatic heterocycles. The Morgan fingerprint density at radius 3 is 2.67 bits per heavy atom. The molecule has 1 saturated carbocycles. The van der Waals surface area contributed by atoms with Crippen LogP contribution in [0.5, 0.6) is 0 Å². The molecule has 1 fully saturated rings. The van der Waals surface area contributed by atoms with Crippen molar-refractivity contribution in [1.82, 2.24) is 20.3 Å². The SMILES string of the molecule is CNC(=O)c1cnc(CCC2CC2)c(Nc2nccc(-c3cc(C#N)c4c(c3)[C@@](C)(CO[Si](C)(C)C(C)(C)C)CN4[B]C=O)n2)c1. The third-order valence-corrected chi connectivity index (χ3v) is 14.1. The second-order valence-corrected chi connectivity index (χ2v) is 19.0. The summed E-state index contributed by atoms with van der Waals surface area (Å²) in [7, 11) is 1.01. The summed E-state index contributed by atoms with van der Waals surface area (Å²) in [6.45, 7) is 14.2. The number of nitriles is 1. The Kier molecular flexibility index (Phi) is 9.38. The van der Waals surface area contributed by atoms with Gasteiger partial charge in [-0.15, -0.1) is 0 Å². The topological polar surface area (TPSA) is 133 Å². The number of aromatic nitrogens is 3. The minimum atomic E-state index is -2.08. The molecule has 0 bridgehead atoms. The average molecular weight is 637 g/mol. The quantitative estimate of drug-likeness (QED) is 0.188. The van der Waals surface area contributed by atoms with Crippen LogP contribution in [0, 0.1) is 17.2 Å². The molecule has 3 aromatic rings. The monoisotopic (exact) mass is 636 g/mol. The minimum absolute atomic E-state index is 0.0383. The first-order chi connectivity index (χ1) is 21.8. The lowest BCUT2D eigenvalue weighted by molar-refractivity contribution is 0.0962. The van der Waals surface area contributed by atoms with E-state index in [2.05, 4.69) is 73.5 Å². The van der Waals surface area contributed by atoms with Crippen LogP contribution in [0.2, 0.25) is 18.1 Å². The molecule has 3 heterocycles. The number of carbonyl (C=O) groups excluding carboxylic acids is 2. The summed E-state index contributed by atoms with van der Waals surface area (Å²) in [6.07, 6.45) is 8.38. The molecule has 0 spiro atoms. The standard InChI is InChI=1S/C34H43BN7O3Si/c1-33(2,3)46(6,7)45-20-34(4)19-42(35-21-43)30-24(17-36)14-23(15-26(30)34)27-12-13-38-32(40-27)41-29-16-25(31(44)37-5)18-39-28(29)11-10-22-8-9-22/h12-16,18,21-22H,8-11,19-20H2,1-7H3,(H,37,44)(H,38,40,41)/t34-/m1/s1. The normalized spacial score (nSPS) is 17.7. The highest BCUT2D eigenvalue weighted by molar-refractivity contribution is 6.74. The van der Waals surface area contributed by atoms with Crippen LogP contribution in [-0.4, -0.2) is 63.0 Å². The fourth-order valence-electron chi connectivity index (χ4n) is 5.57. The van der Waals surface area contributed by atoms with Gasteiger partial charge in [0.05, 0.1) is 28.2 Å². The molecule has 1 aromatic carbocycles. The number of amides is 1. The van der Waals surface area contributed by atoms with Gasteiger partial charge in [0, 0.05) is 49.3 Å². The van der Waals surface area contributed by atoms with E-state index < -0.39 is 13.7 Å². The summed E-state index contributed by atoms with van der Waals surface area (Å²) in [4.78, 5) is 39.8. The lowest BCUT2D eigenvalue weighted by Gasteiger charge is -2.39. The fraction of sp³-hybridized carbons (Fsp3) is 0.471. The third kappa shape index (κ3) is 7.00. The third-order valence-electron chi connectivity index (χ3n) is 9.63. The van der Waals surface area contributed by atoms with Gasteiger partial charge in [0.1, 0.15) is 12.3 Å². The van der Waals surface area contributed by atoms with Crippen molar-refractivity contribution in [2.75, 3.05) is 30.3 Å². The molecule has 1 aliphatic heterocycles.